The fourth-order valence-corrected chi connectivity index (χ4v) is 3.88. The molecule has 2 aromatic carbocycles. The first-order valence-electron chi connectivity index (χ1n) is 9.62. The van der Waals surface area contributed by atoms with Crippen LogP contribution >= 0.6 is 12.2 Å². The van der Waals surface area contributed by atoms with E-state index in [0.29, 0.717) is 30.3 Å². The van der Waals surface area contributed by atoms with Crippen LogP contribution in [0.5, 0.6) is 17.2 Å². The van der Waals surface area contributed by atoms with Gasteiger partial charge in [0, 0.05) is 36.2 Å². The third-order valence-electron chi connectivity index (χ3n) is 5.09. The minimum atomic E-state index is 0.401. The number of nitrogens with zero attached hydrogens (tertiary/aromatic N) is 2. The van der Waals surface area contributed by atoms with Crippen LogP contribution in [0, 0.1) is 0 Å². The van der Waals surface area contributed by atoms with Crippen LogP contribution in [0.15, 0.2) is 48.7 Å². The Kier molecular flexibility index (Phi) is 6.41. The Balaban J connectivity index is 1.82. The molecule has 0 radical (unpaired) electrons. The maximum atomic E-state index is 5.53. The number of pyridine rings is 2. The molecule has 0 aliphatic carbocycles. The average Bonchev–Trinajstić information content (AvgIpc) is 2.80. The molecule has 4 rings (SSSR count). The maximum Gasteiger partial charge on any atom is 0.165 e. The SMILES string of the molecule is COCc1ncc(Cc2ccc3cccc(OSN)c3n2)c2cc(OC)c(OC)cc12. The number of nitrogens with two attached hydrogens (primary N) is 1. The van der Waals surface area contributed by atoms with E-state index < -0.39 is 0 Å². The van der Waals surface area contributed by atoms with E-state index in [0.717, 1.165) is 50.9 Å². The molecule has 0 aliphatic heterocycles. The predicted molar refractivity (Wildman–Crippen MR) is 123 cm³/mol. The molecule has 2 heterocycles. The predicted octanol–water partition coefficient (Wildman–Crippen LogP) is 4.44. The number of aromatic nitrogens is 2. The summed E-state index contributed by atoms with van der Waals surface area (Å²) in [7, 11) is 4.90. The van der Waals surface area contributed by atoms with Crippen molar-refractivity contribution in [2.75, 3.05) is 21.3 Å². The lowest BCUT2D eigenvalue weighted by Crippen LogP contribution is -2.01. The second-order valence-electron chi connectivity index (χ2n) is 6.90. The van der Waals surface area contributed by atoms with E-state index >= 15 is 0 Å². The van der Waals surface area contributed by atoms with Crippen molar-refractivity contribution in [1.82, 2.24) is 9.97 Å². The summed E-state index contributed by atoms with van der Waals surface area (Å²) < 4.78 is 21.8. The molecule has 0 unspecified atom stereocenters. The molecule has 0 fully saturated rings. The molecule has 0 aliphatic rings. The Morgan fingerprint density at radius 2 is 1.71 bits per heavy atom. The number of ether oxygens (including phenoxy) is 3. The Morgan fingerprint density at radius 1 is 0.935 bits per heavy atom. The molecule has 31 heavy (non-hydrogen) atoms. The largest absolute Gasteiger partial charge is 0.493 e. The molecule has 0 spiro atoms. The standard InChI is InChI=1S/C23H23N3O4S/c1-27-13-19-18-11-22(29-3)21(28-2)10-17(18)15(12-25-19)9-16-8-7-14-5-4-6-20(30-31-24)23(14)26-16/h4-8,10-12H,9,13,24H2,1-3H3. The highest BCUT2D eigenvalue weighted by molar-refractivity contribution is 7.92. The van der Waals surface area contributed by atoms with Crippen molar-refractivity contribution in [2.45, 2.75) is 13.0 Å². The second kappa shape index (κ2) is 9.38. The van der Waals surface area contributed by atoms with Crippen LogP contribution < -0.4 is 18.8 Å². The second-order valence-corrected chi connectivity index (χ2v) is 7.26. The lowest BCUT2D eigenvalue weighted by atomic mass is 10.00. The Hall–Kier alpha value is -3.07. The van der Waals surface area contributed by atoms with E-state index in [4.69, 9.17) is 28.5 Å². The van der Waals surface area contributed by atoms with Gasteiger partial charge < -0.3 is 18.4 Å². The average molecular weight is 438 g/mol. The fraction of sp³-hybridized carbons (Fsp3) is 0.217. The van der Waals surface area contributed by atoms with E-state index in [2.05, 4.69) is 4.98 Å². The van der Waals surface area contributed by atoms with Gasteiger partial charge in [0.2, 0.25) is 0 Å². The van der Waals surface area contributed by atoms with E-state index in [1.807, 2.05) is 48.7 Å². The zero-order valence-electron chi connectivity index (χ0n) is 17.5. The minimum Gasteiger partial charge on any atom is -0.493 e. The summed E-state index contributed by atoms with van der Waals surface area (Å²) in [5.74, 6) is 1.95. The molecule has 7 nitrogen and oxygen atoms in total. The fourth-order valence-electron chi connectivity index (χ4n) is 3.64. The van der Waals surface area contributed by atoms with Crippen LogP contribution in [0.25, 0.3) is 21.7 Å². The van der Waals surface area contributed by atoms with Gasteiger partial charge in [0.05, 0.1) is 26.5 Å². The van der Waals surface area contributed by atoms with Gasteiger partial charge in [0.15, 0.2) is 17.2 Å². The van der Waals surface area contributed by atoms with E-state index in [-0.39, 0.29) is 0 Å². The molecule has 0 saturated carbocycles. The zero-order valence-corrected chi connectivity index (χ0v) is 18.4. The Labute approximate surface area is 184 Å². The lowest BCUT2D eigenvalue weighted by molar-refractivity contribution is 0.182. The van der Waals surface area contributed by atoms with Gasteiger partial charge in [-0.3, -0.25) is 4.98 Å². The summed E-state index contributed by atoms with van der Waals surface area (Å²) in [6, 6.07) is 13.7. The number of hydrogen-bond acceptors (Lipinski definition) is 8. The quantitative estimate of drug-likeness (QED) is 0.320. The number of methoxy groups -OCH3 is 3. The highest BCUT2D eigenvalue weighted by Crippen LogP contribution is 2.35. The van der Waals surface area contributed by atoms with Crippen LogP contribution in [0.1, 0.15) is 17.0 Å². The maximum absolute atomic E-state index is 5.53. The monoisotopic (exact) mass is 437 g/mol. The molecule has 0 amide bonds. The van der Waals surface area contributed by atoms with Gasteiger partial charge in [-0.1, -0.05) is 18.2 Å². The van der Waals surface area contributed by atoms with Crippen LogP contribution in [-0.2, 0) is 17.8 Å². The molecular weight excluding hydrogens is 414 g/mol. The zero-order chi connectivity index (χ0) is 21.8. The number of benzene rings is 2. The van der Waals surface area contributed by atoms with Gasteiger partial charge in [-0.25, -0.2) is 10.1 Å². The third-order valence-corrected chi connectivity index (χ3v) is 5.36. The first-order valence-corrected chi connectivity index (χ1v) is 10.4. The number of fused-ring (bicyclic) bond motifs is 2. The van der Waals surface area contributed by atoms with Crippen LogP contribution in [0.4, 0.5) is 0 Å². The van der Waals surface area contributed by atoms with Crippen molar-refractivity contribution in [2.24, 2.45) is 5.14 Å². The smallest absolute Gasteiger partial charge is 0.165 e. The minimum absolute atomic E-state index is 0.401. The van der Waals surface area contributed by atoms with E-state index in [9.17, 15) is 0 Å². The van der Waals surface area contributed by atoms with Crippen LogP contribution in [-0.4, -0.2) is 31.3 Å². The van der Waals surface area contributed by atoms with Crippen LogP contribution in [0.3, 0.4) is 0 Å². The van der Waals surface area contributed by atoms with Crippen molar-refractivity contribution in [3.8, 4) is 17.2 Å². The van der Waals surface area contributed by atoms with Crippen molar-refractivity contribution in [3.05, 3.63) is 65.6 Å². The van der Waals surface area contributed by atoms with Crippen molar-refractivity contribution >= 4 is 33.9 Å². The number of rotatable bonds is 8. The first-order chi connectivity index (χ1) is 15.2. The summed E-state index contributed by atoms with van der Waals surface area (Å²) >= 11 is 0.807. The number of para-hydroxylation sites is 1. The van der Waals surface area contributed by atoms with Crippen LogP contribution in [0.2, 0.25) is 0 Å². The summed E-state index contributed by atoms with van der Waals surface area (Å²) in [6.45, 7) is 0.401. The van der Waals surface area contributed by atoms with E-state index in [1.165, 1.54) is 0 Å². The molecule has 160 valence electrons. The highest BCUT2D eigenvalue weighted by Gasteiger charge is 2.15. The van der Waals surface area contributed by atoms with Gasteiger partial charge in [0.1, 0.15) is 17.7 Å². The van der Waals surface area contributed by atoms with Crippen molar-refractivity contribution in [1.29, 1.82) is 0 Å². The summed E-state index contributed by atoms with van der Waals surface area (Å²) in [5, 5.41) is 8.45. The molecule has 4 aromatic rings. The van der Waals surface area contributed by atoms with E-state index in [1.54, 1.807) is 21.3 Å². The number of hydrogen-bond donors (Lipinski definition) is 1. The summed E-state index contributed by atoms with van der Waals surface area (Å²) in [5.41, 5.74) is 3.52. The van der Waals surface area contributed by atoms with Gasteiger partial charge in [-0.05, 0) is 35.2 Å². The molecule has 0 saturated heterocycles. The molecule has 8 heteroatoms. The molecule has 0 bridgehead atoms. The lowest BCUT2D eigenvalue weighted by Gasteiger charge is -2.14. The third kappa shape index (κ3) is 4.23. The van der Waals surface area contributed by atoms with Gasteiger partial charge in [-0.15, -0.1) is 0 Å². The Morgan fingerprint density at radius 3 is 2.42 bits per heavy atom. The van der Waals surface area contributed by atoms with Gasteiger partial charge in [-0.2, -0.15) is 0 Å². The molecular formula is C23H23N3O4S. The molecule has 2 aromatic heterocycles. The van der Waals surface area contributed by atoms with Gasteiger partial charge >= 0.3 is 0 Å². The Bertz CT molecular complexity index is 1230. The summed E-state index contributed by atoms with van der Waals surface area (Å²) in [4.78, 5) is 9.47. The summed E-state index contributed by atoms with van der Waals surface area (Å²) in [6.07, 6.45) is 2.46. The van der Waals surface area contributed by atoms with Crippen molar-refractivity contribution in [3.63, 3.8) is 0 Å². The highest BCUT2D eigenvalue weighted by atomic mass is 32.2. The molecule has 0 atom stereocenters. The van der Waals surface area contributed by atoms with Gasteiger partial charge in [0.25, 0.3) is 0 Å². The van der Waals surface area contributed by atoms with Crippen molar-refractivity contribution < 1.29 is 18.4 Å². The normalized spacial score (nSPS) is 11.1. The topological polar surface area (TPSA) is 88.7 Å². The first kappa shape index (κ1) is 21.2. The molecule has 2 N–H and O–H groups in total.